The predicted octanol–water partition coefficient (Wildman–Crippen LogP) is 2.19. The molecule has 0 bridgehead atoms. The number of halogens is 3. The molecule has 0 aliphatic rings. The number of alkyl halides is 3. The molecule has 0 amide bonds. The van der Waals surface area contributed by atoms with Crippen molar-refractivity contribution in [2.45, 2.75) is 19.0 Å². The second-order valence-electron chi connectivity index (χ2n) is 3.97. The highest BCUT2D eigenvalue weighted by molar-refractivity contribution is 7.88. The van der Waals surface area contributed by atoms with Gasteiger partial charge >= 0.3 is 6.18 Å². The molecule has 1 rings (SSSR count). The Hall–Kier alpha value is -1.08. The molecule has 0 aliphatic carbocycles. The van der Waals surface area contributed by atoms with Crippen molar-refractivity contribution < 1.29 is 21.6 Å². The van der Waals surface area contributed by atoms with Crippen LogP contribution < -0.4 is 4.72 Å². The number of benzene rings is 1. The van der Waals surface area contributed by atoms with Crippen molar-refractivity contribution in [3.8, 4) is 0 Å². The third-order valence-electron chi connectivity index (χ3n) is 2.26. The molecule has 0 radical (unpaired) electrons. The third kappa shape index (κ3) is 5.50. The van der Waals surface area contributed by atoms with Crippen LogP contribution in [0.25, 0.3) is 0 Å². The first-order valence-electron chi connectivity index (χ1n) is 5.29. The summed E-state index contributed by atoms with van der Waals surface area (Å²) >= 11 is 0. The monoisotopic (exact) mass is 281 g/mol. The van der Waals surface area contributed by atoms with Crippen LogP contribution >= 0.6 is 0 Å². The molecule has 0 heterocycles. The molecule has 0 aromatic heterocycles. The normalized spacial score (nSPS) is 12.7. The molecule has 0 unspecified atom stereocenters. The van der Waals surface area contributed by atoms with Gasteiger partial charge in [-0.25, -0.2) is 13.1 Å². The summed E-state index contributed by atoms with van der Waals surface area (Å²) in [6.07, 6.45) is -2.46. The van der Waals surface area contributed by atoms with E-state index in [1.165, 1.54) is 6.07 Å². The SMILES string of the molecule is CS(=O)(=O)NCCCc1cccc(C(F)(F)F)c1. The molecular formula is C11H14F3NO2S. The van der Waals surface area contributed by atoms with Crippen LogP contribution in [-0.2, 0) is 22.6 Å². The van der Waals surface area contributed by atoms with E-state index < -0.39 is 21.8 Å². The molecule has 0 atom stereocenters. The summed E-state index contributed by atoms with van der Waals surface area (Å²) in [6, 6.07) is 5.04. The number of rotatable bonds is 5. The lowest BCUT2D eigenvalue weighted by molar-refractivity contribution is -0.137. The highest BCUT2D eigenvalue weighted by Crippen LogP contribution is 2.29. The van der Waals surface area contributed by atoms with E-state index in [2.05, 4.69) is 4.72 Å². The minimum atomic E-state index is -4.35. The van der Waals surface area contributed by atoms with Crippen LogP contribution in [0.15, 0.2) is 24.3 Å². The summed E-state index contributed by atoms with van der Waals surface area (Å²) < 4.78 is 61.1. The number of hydrogen-bond acceptors (Lipinski definition) is 2. The molecule has 1 N–H and O–H groups in total. The number of sulfonamides is 1. The lowest BCUT2D eigenvalue weighted by atomic mass is 10.1. The fourth-order valence-electron chi connectivity index (χ4n) is 1.45. The maximum absolute atomic E-state index is 12.4. The Kier molecular flexibility index (Phi) is 4.75. The second-order valence-corrected chi connectivity index (χ2v) is 5.80. The van der Waals surface area contributed by atoms with E-state index in [9.17, 15) is 21.6 Å². The molecule has 0 saturated carbocycles. The van der Waals surface area contributed by atoms with E-state index in [4.69, 9.17) is 0 Å². The molecule has 102 valence electrons. The molecule has 0 aliphatic heterocycles. The molecule has 0 fully saturated rings. The summed E-state index contributed by atoms with van der Waals surface area (Å²) in [7, 11) is -3.24. The van der Waals surface area contributed by atoms with Gasteiger partial charge in [0.2, 0.25) is 10.0 Å². The first-order chi connectivity index (χ1) is 8.18. The summed E-state index contributed by atoms with van der Waals surface area (Å²) in [4.78, 5) is 0. The van der Waals surface area contributed by atoms with Gasteiger partial charge in [-0.05, 0) is 24.5 Å². The van der Waals surface area contributed by atoms with Crippen LogP contribution in [0, 0.1) is 0 Å². The predicted molar refractivity (Wildman–Crippen MR) is 62.6 cm³/mol. The van der Waals surface area contributed by atoms with E-state index >= 15 is 0 Å². The van der Waals surface area contributed by atoms with Crippen LogP contribution in [0.4, 0.5) is 13.2 Å². The van der Waals surface area contributed by atoms with E-state index in [1.54, 1.807) is 6.07 Å². The molecule has 3 nitrogen and oxygen atoms in total. The lowest BCUT2D eigenvalue weighted by Gasteiger charge is -2.08. The first kappa shape index (κ1) is 15.0. The Morgan fingerprint density at radius 3 is 2.50 bits per heavy atom. The topological polar surface area (TPSA) is 46.2 Å². The van der Waals surface area contributed by atoms with Crippen molar-refractivity contribution in [2.24, 2.45) is 0 Å². The number of aryl methyl sites for hydroxylation is 1. The van der Waals surface area contributed by atoms with E-state index in [0.717, 1.165) is 18.4 Å². The summed E-state index contributed by atoms with van der Waals surface area (Å²) in [5.74, 6) is 0. The average molecular weight is 281 g/mol. The van der Waals surface area contributed by atoms with Crippen LogP contribution in [0.3, 0.4) is 0 Å². The van der Waals surface area contributed by atoms with Gasteiger partial charge in [0.15, 0.2) is 0 Å². The van der Waals surface area contributed by atoms with Gasteiger partial charge in [0.05, 0.1) is 11.8 Å². The van der Waals surface area contributed by atoms with Crippen LogP contribution in [0.5, 0.6) is 0 Å². The van der Waals surface area contributed by atoms with Crippen molar-refractivity contribution in [1.82, 2.24) is 4.72 Å². The van der Waals surface area contributed by atoms with E-state index in [-0.39, 0.29) is 6.54 Å². The smallest absolute Gasteiger partial charge is 0.215 e. The third-order valence-corrected chi connectivity index (χ3v) is 2.99. The number of hydrogen-bond donors (Lipinski definition) is 1. The van der Waals surface area contributed by atoms with Gasteiger partial charge < -0.3 is 0 Å². The zero-order chi connectivity index (χ0) is 13.8. The van der Waals surface area contributed by atoms with Gasteiger partial charge in [-0.15, -0.1) is 0 Å². The highest BCUT2D eigenvalue weighted by atomic mass is 32.2. The zero-order valence-corrected chi connectivity index (χ0v) is 10.6. The molecular weight excluding hydrogens is 267 g/mol. The minimum Gasteiger partial charge on any atom is -0.215 e. The molecule has 1 aromatic rings. The fourth-order valence-corrected chi connectivity index (χ4v) is 1.97. The molecule has 0 saturated heterocycles. The maximum Gasteiger partial charge on any atom is 0.416 e. The van der Waals surface area contributed by atoms with Crippen molar-refractivity contribution in [3.05, 3.63) is 35.4 Å². The fraction of sp³-hybridized carbons (Fsp3) is 0.455. The van der Waals surface area contributed by atoms with Crippen LogP contribution in [0.2, 0.25) is 0 Å². The Bertz CT molecular complexity index is 497. The lowest BCUT2D eigenvalue weighted by Crippen LogP contribution is -2.23. The summed E-state index contributed by atoms with van der Waals surface area (Å²) in [6.45, 7) is 0.217. The van der Waals surface area contributed by atoms with Crippen molar-refractivity contribution in [1.29, 1.82) is 0 Å². The summed E-state index contributed by atoms with van der Waals surface area (Å²) in [5.41, 5.74) is -0.142. The van der Waals surface area contributed by atoms with Gasteiger partial charge in [-0.2, -0.15) is 13.2 Å². The van der Waals surface area contributed by atoms with Gasteiger partial charge in [0.25, 0.3) is 0 Å². The van der Waals surface area contributed by atoms with Crippen molar-refractivity contribution in [3.63, 3.8) is 0 Å². The van der Waals surface area contributed by atoms with Crippen LogP contribution in [-0.4, -0.2) is 21.2 Å². The standard InChI is InChI=1S/C11H14F3NO2S/c1-18(16,17)15-7-3-5-9-4-2-6-10(8-9)11(12,13)14/h2,4,6,8,15H,3,5,7H2,1H3. The van der Waals surface area contributed by atoms with Crippen molar-refractivity contribution in [2.75, 3.05) is 12.8 Å². The molecule has 18 heavy (non-hydrogen) atoms. The van der Waals surface area contributed by atoms with Gasteiger partial charge in [-0.3, -0.25) is 0 Å². The Balaban J connectivity index is 2.53. The Morgan fingerprint density at radius 1 is 1.28 bits per heavy atom. The second kappa shape index (κ2) is 5.71. The van der Waals surface area contributed by atoms with Gasteiger partial charge in [0.1, 0.15) is 0 Å². The minimum absolute atomic E-state index is 0.217. The zero-order valence-electron chi connectivity index (χ0n) is 9.79. The quantitative estimate of drug-likeness (QED) is 0.841. The van der Waals surface area contributed by atoms with Crippen LogP contribution in [0.1, 0.15) is 17.5 Å². The maximum atomic E-state index is 12.4. The highest BCUT2D eigenvalue weighted by Gasteiger charge is 2.30. The Labute approximate surface area is 104 Å². The van der Waals surface area contributed by atoms with Gasteiger partial charge in [0, 0.05) is 6.54 Å². The van der Waals surface area contributed by atoms with E-state index in [0.29, 0.717) is 18.4 Å². The molecule has 0 spiro atoms. The number of nitrogens with one attached hydrogen (secondary N) is 1. The first-order valence-corrected chi connectivity index (χ1v) is 7.18. The Morgan fingerprint density at radius 2 is 1.94 bits per heavy atom. The molecule has 1 aromatic carbocycles. The van der Waals surface area contributed by atoms with Crippen molar-refractivity contribution >= 4 is 10.0 Å². The van der Waals surface area contributed by atoms with E-state index in [1.807, 2.05) is 0 Å². The van der Waals surface area contributed by atoms with Gasteiger partial charge in [-0.1, -0.05) is 18.2 Å². The average Bonchev–Trinajstić information content (AvgIpc) is 2.22. The molecule has 7 heteroatoms. The summed E-state index contributed by atoms with van der Waals surface area (Å²) in [5, 5.41) is 0. The largest absolute Gasteiger partial charge is 0.416 e.